The summed E-state index contributed by atoms with van der Waals surface area (Å²) >= 11 is 0. The second kappa shape index (κ2) is 8.64. The normalized spacial score (nSPS) is 17.0. The van der Waals surface area contributed by atoms with Crippen LogP contribution in [0.3, 0.4) is 0 Å². The van der Waals surface area contributed by atoms with Crippen LogP contribution in [-0.2, 0) is 17.5 Å². The number of amides is 1. The maximum atomic E-state index is 13.1. The van der Waals surface area contributed by atoms with Crippen LogP contribution in [-0.4, -0.2) is 60.3 Å². The van der Waals surface area contributed by atoms with Gasteiger partial charge in [-0.1, -0.05) is 12.1 Å². The summed E-state index contributed by atoms with van der Waals surface area (Å²) in [5.41, 5.74) is -0.382. The van der Waals surface area contributed by atoms with Crippen molar-refractivity contribution in [1.82, 2.24) is 9.80 Å². The number of halogens is 3. The molecule has 0 aromatic heterocycles. The van der Waals surface area contributed by atoms with E-state index in [1.807, 2.05) is 4.90 Å². The Hall–Kier alpha value is -2.98. The third-order valence-electron chi connectivity index (χ3n) is 5.31. The Bertz CT molecular complexity index is 959. The number of benzene rings is 2. The number of anilines is 1. The lowest BCUT2D eigenvalue weighted by Gasteiger charge is -2.34. The highest BCUT2D eigenvalue weighted by molar-refractivity contribution is 5.93. The predicted molar refractivity (Wildman–Crippen MR) is 106 cm³/mol. The van der Waals surface area contributed by atoms with Gasteiger partial charge in [-0.15, -0.1) is 0 Å². The highest BCUT2D eigenvalue weighted by Crippen LogP contribution is 2.38. The minimum absolute atomic E-state index is 0.00923. The predicted octanol–water partition coefficient (Wildman–Crippen LogP) is 2.90. The number of carbonyl (C=O) groups is 1. The average Bonchev–Trinajstić information content (AvgIpc) is 3.16. The SMILES string of the molecule is O=C(CN1CCN(Cc2cc3c(cc2O)OCO3)CC1)Nc1ccccc1C(F)(F)F. The van der Waals surface area contributed by atoms with Gasteiger partial charge in [0.15, 0.2) is 11.5 Å². The zero-order valence-corrected chi connectivity index (χ0v) is 16.6. The number of phenolic OH excluding ortho intramolecular Hbond substituents is 1. The molecule has 0 atom stereocenters. The van der Waals surface area contributed by atoms with Gasteiger partial charge < -0.3 is 19.9 Å². The van der Waals surface area contributed by atoms with Crippen molar-refractivity contribution in [3.63, 3.8) is 0 Å². The van der Waals surface area contributed by atoms with Gasteiger partial charge in [0.05, 0.1) is 17.8 Å². The highest BCUT2D eigenvalue weighted by Gasteiger charge is 2.33. The van der Waals surface area contributed by atoms with E-state index in [1.54, 1.807) is 6.07 Å². The van der Waals surface area contributed by atoms with E-state index in [9.17, 15) is 23.1 Å². The maximum absolute atomic E-state index is 13.1. The lowest BCUT2D eigenvalue weighted by molar-refractivity contribution is -0.137. The van der Waals surface area contributed by atoms with E-state index in [2.05, 4.69) is 10.2 Å². The molecule has 1 fully saturated rings. The molecule has 0 saturated carbocycles. The molecule has 0 bridgehead atoms. The zero-order chi connectivity index (χ0) is 22.0. The van der Waals surface area contributed by atoms with Crippen molar-refractivity contribution in [3.8, 4) is 17.2 Å². The van der Waals surface area contributed by atoms with Gasteiger partial charge in [-0.25, -0.2) is 0 Å². The maximum Gasteiger partial charge on any atom is 0.418 e. The molecule has 166 valence electrons. The van der Waals surface area contributed by atoms with Crippen LogP contribution < -0.4 is 14.8 Å². The fraction of sp³-hybridized carbons (Fsp3) is 0.381. The highest BCUT2D eigenvalue weighted by atomic mass is 19.4. The molecule has 2 heterocycles. The Morgan fingerprint density at radius 1 is 1.03 bits per heavy atom. The molecule has 1 amide bonds. The van der Waals surface area contributed by atoms with Gasteiger partial charge in [0.1, 0.15) is 5.75 Å². The number of para-hydroxylation sites is 1. The summed E-state index contributed by atoms with van der Waals surface area (Å²) in [5, 5.41) is 12.6. The third kappa shape index (κ3) is 5.02. The summed E-state index contributed by atoms with van der Waals surface area (Å²) in [7, 11) is 0. The van der Waals surface area contributed by atoms with Crippen LogP contribution in [0.1, 0.15) is 11.1 Å². The summed E-state index contributed by atoms with van der Waals surface area (Å²) in [6.45, 7) is 3.13. The number of fused-ring (bicyclic) bond motifs is 1. The summed E-state index contributed by atoms with van der Waals surface area (Å²) in [5.74, 6) is 0.763. The number of nitrogens with zero attached hydrogens (tertiary/aromatic N) is 2. The molecule has 0 unspecified atom stereocenters. The third-order valence-corrected chi connectivity index (χ3v) is 5.31. The van der Waals surface area contributed by atoms with E-state index < -0.39 is 17.6 Å². The molecule has 0 spiro atoms. The first kappa shape index (κ1) is 21.3. The molecule has 0 aliphatic carbocycles. The van der Waals surface area contributed by atoms with Gasteiger partial charge in [-0.2, -0.15) is 13.2 Å². The van der Waals surface area contributed by atoms with E-state index in [4.69, 9.17) is 9.47 Å². The average molecular weight is 437 g/mol. The van der Waals surface area contributed by atoms with Gasteiger partial charge >= 0.3 is 6.18 Å². The monoisotopic (exact) mass is 437 g/mol. The van der Waals surface area contributed by atoms with Gasteiger partial charge in [0.25, 0.3) is 0 Å². The summed E-state index contributed by atoms with van der Waals surface area (Å²) in [6, 6.07) is 8.23. The fourth-order valence-corrected chi connectivity index (χ4v) is 3.68. The van der Waals surface area contributed by atoms with Crippen LogP contribution in [0, 0.1) is 0 Å². The molecule has 2 aromatic rings. The van der Waals surface area contributed by atoms with Crippen molar-refractivity contribution in [3.05, 3.63) is 47.5 Å². The summed E-state index contributed by atoms with van der Waals surface area (Å²) in [6.07, 6.45) is -4.53. The number of alkyl halides is 3. The molecule has 2 aliphatic heterocycles. The number of rotatable bonds is 5. The quantitative estimate of drug-likeness (QED) is 0.750. The van der Waals surface area contributed by atoms with Crippen molar-refractivity contribution in [2.75, 3.05) is 44.8 Å². The van der Waals surface area contributed by atoms with Crippen LogP contribution in [0.2, 0.25) is 0 Å². The van der Waals surface area contributed by atoms with Crippen molar-refractivity contribution in [2.24, 2.45) is 0 Å². The van der Waals surface area contributed by atoms with Crippen LogP contribution in [0.5, 0.6) is 17.2 Å². The van der Waals surface area contributed by atoms with E-state index in [0.29, 0.717) is 44.2 Å². The van der Waals surface area contributed by atoms with Crippen molar-refractivity contribution in [1.29, 1.82) is 0 Å². The van der Waals surface area contributed by atoms with Crippen molar-refractivity contribution >= 4 is 11.6 Å². The number of aromatic hydroxyl groups is 1. The number of piperazine rings is 1. The van der Waals surface area contributed by atoms with Gasteiger partial charge in [-0.3, -0.25) is 14.6 Å². The summed E-state index contributed by atoms with van der Waals surface area (Å²) < 4.78 is 49.8. The van der Waals surface area contributed by atoms with Crippen LogP contribution in [0.15, 0.2) is 36.4 Å². The summed E-state index contributed by atoms with van der Waals surface area (Å²) in [4.78, 5) is 16.3. The lowest BCUT2D eigenvalue weighted by Crippen LogP contribution is -2.48. The molecule has 2 aliphatic rings. The molecule has 1 saturated heterocycles. The van der Waals surface area contributed by atoms with E-state index in [-0.39, 0.29) is 24.8 Å². The standard InChI is InChI=1S/C21H22F3N3O4/c22-21(23,24)15-3-1-2-4-16(15)25-20(29)12-27-7-5-26(6-8-27)11-14-9-18-19(10-17(14)28)31-13-30-18/h1-4,9-10,28H,5-8,11-13H2,(H,25,29). The first-order valence-electron chi connectivity index (χ1n) is 9.82. The van der Waals surface area contributed by atoms with E-state index >= 15 is 0 Å². The Morgan fingerprint density at radius 3 is 2.39 bits per heavy atom. The van der Waals surface area contributed by atoms with Gasteiger partial charge in [0, 0.05) is 44.4 Å². The van der Waals surface area contributed by atoms with Crippen molar-refractivity contribution < 1.29 is 32.5 Å². The number of ether oxygens (including phenoxy) is 2. The zero-order valence-electron chi connectivity index (χ0n) is 16.6. The van der Waals surface area contributed by atoms with E-state index in [1.165, 1.54) is 24.3 Å². The lowest BCUT2D eigenvalue weighted by atomic mass is 10.1. The second-order valence-electron chi connectivity index (χ2n) is 7.48. The van der Waals surface area contributed by atoms with Crippen molar-refractivity contribution in [2.45, 2.75) is 12.7 Å². The first-order chi connectivity index (χ1) is 14.8. The molecule has 4 rings (SSSR count). The van der Waals surface area contributed by atoms with Gasteiger partial charge in [0.2, 0.25) is 12.7 Å². The second-order valence-corrected chi connectivity index (χ2v) is 7.48. The first-order valence-corrected chi connectivity index (χ1v) is 9.82. The van der Waals surface area contributed by atoms with Crippen LogP contribution >= 0.6 is 0 Å². The molecular formula is C21H22F3N3O4. The van der Waals surface area contributed by atoms with Crippen LogP contribution in [0.4, 0.5) is 18.9 Å². The molecule has 7 nitrogen and oxygen atoms in total. The number of hydrogen-bond acceptors (Lipinski definition) is 6. The van der Waals surface area contributed by atoms with E-state index in [0.717, 1.165) is 11.6 Å². The minimum atomic E-state index is -4.53. The molecule has 10 heteroatoms. The molecule has 31 heavy (non-hydrogen) atoms. The molecule has 2 N–H and O–H groups in total. The molecular weight excluding hydrogens is 415 g/mol. The number of nitrogens with one attached hydrogen (secondary N) is 1. The fourth-order valence-electron chi connectivity index (χ4n) is 3.68. The largest absolute Gasteiger partial charge is 0.507 e. The Balaban J connectivity index is 1.29. The topological polar surface area (TPSA) is 74.3 Å². The Kier molecular flexibility index (Phi) is 5.92. The molecule has 0 radical (unpaired) electrons. The number of hydrogen-bond donors (Lipinski definition) is 2. The van der Waals surface area contributed by atoms with Crippen LogP contribution in [0.25, 0.3) is 0 Å². The number of carbonyl (C=O) groups excluding carboxylic acids is 1. The smallest absolute Gasteiger partial charge is 0.418 e. The Morgan fingerprint density at radius 2 is 1.68 bits per heavy atom. The number of phenols is 1. The van der Waals surface area contributed by atoms with Gasteiger partial charge in [-0.05, 0) is 18.2 Å². The minimum Gasteiger partial charge on any atom is -0.507 e. The molecule has 2 aromatic carbocycles. The Labute approximate surface area is 177 Å².